The lowest BCUT2D eigenvalue weighted by Crippen LogP contribution is -2.47. The first-order valence-electron chi connectivity index (χ1n) is 7.67. The minimum Gasteiger partial charge on any atom is -0.353 e. The van der Waals surface area contributed by atoms with E-state index in [0.717, 1.165) is 0 Å². The zero-order valence-electron chi connectivity index (χ0n) is 13.5. The summed E-state index contributed by atoms with van der Waals surface area (Å²) in [6.07, 6.45) is -1.14. The third kappa shape index (κ3) is 3.77. The lowest BCUT2D eigenvalue weighted by molar-refractivity contribution is 0.145. The van der Waals surface area contributed by atoms with Gasteiger partial charge in [0.05, 0.1) is 10.6 Å². The SMILES string of the molecule is Cc1nc(C(F)F)cc(N2CCN(c3ncc(C#N)cc3Cl)CC2)n1. The highest BCUT2D eigenvalue weighted by Crippen LogP contribution is 2.27. The fraction of sp³-hybridized carbons (Fsp3) is 0.375. The minimum absolute atomic E-state index is 0.262. The van der Waals surface area contributed by atoms with Gasteiger partial charge in [-0.15, -0.1) is 0 Å². The molecular weight excluding hydrogens is 350 g/mol. The number of nitriles is 1. The lowest BCUT2D eigenvalue weighted by Gasteiger charge is -2.36. The molecule has 6 nitrogen and oxygen atoms in total. The van der Waals surface area contributed by atoms with Crippen LogP contribution in [0.15, 0.2) is 18.3 Å². The van der Waals surface area contributed by atoms with Crippen LogP contribution in [-0.2, 0) is 0 Å². The molecule has 0 spiro atoms. The highest BCUT2D eigenvalue weighted by molar-refractivity contribution is 6.33. The van der Waals surface area contributed by atoms with Gasteiger partial charge in [-0.2, -0.15) is 5.26 Å². The maximum absolute atomic E-state index is 12.9. The van der Waals surface area contributed by atoms with Gasteiger partial charge in [0.2, 0.25) is 0 Å². The van der Waals surface area contributed by atoms with Crippen molar-refractivity contribution in [1.82, 2.24) is 15.0 Å². The summed E-state index contributed by atoms with van der Waals surface area (Å²) in [7, 11) is 0. The predicted octanol–water partition coefficient (Wildman–Crippen LogP) is 2.97. The molecule has 130 valence electrons. The number of aryl methyl sites for hydroxylation is 1. The summed E-state index contributed by atoms with van der Waals surface area (Å²) >= 11 is 6.20. The summed E-state index contributed by atoms with van der Waals surface area (Å²) in [4.78, 5) is 16.2. The molecule has 0 N–H and O–H groups in total. The molecular formula is C16H15ClF2N6. The average Bonchev–Trinajstić information content (AvgIpc) is 2.61. The first-order chi connectivity index (χ1) is 12.0. The summed E-state index contributed by atoms with van der Waals surface area (Å²) in [5.74, 6) is 1.45. The van der Waals surface area contributed by atoms with Crippen molar-refractivity contribution in [2.75, 3.05) is 36.0 Å². The van der Waals surface area contributed by atoms with Crippen LogP contribution >= 0.6 is 11.6 Å². The van der Waals surface area contributed by atoms with Crippen LogP contribution in [0, 0.1) is 18.3 Å². The highest BCUT2D eigenvalue weighted by atomic mass is 35.5. The molecule has 0 saturated carbocycles. The van der Waals surface area contributed by atoms with E-state index in [2.05, 4.69) is 15.0 Å². The van der Waals surface area contributed by atoms with Crippen molar-refractivity contribution in [3.63, 3.8) is 0 Å². The van der Waals surface area contributed by atoms with E-state index in [1.54, 1.807) is 13.0 Å². The third-order valence-electron chi connectivity index (χ3n) is 3.92. The summed E-state index contributed by atoms with van der Waals surface area (Å²) < 4.78 is 25.8. The van der Waals surface area contributed by atoms with Gasteiger partial charge in [-0.05, 0) is 13.0 Å². The van der Waals surface area contributed by atoms with Crippen molar-refractivity contribution in [3.8, 4) is 6.07 Å². The zero-order chi connectivity index (χ0) is 18.0. The first kappa shape index (κ1) is 17.3. The standard InChI is InChI=1S/C16H15ClF2N6/c1-10-22-13(15(18)19)7-14(23-10)24-2-4-25(5-3-24)16-12(17)6-11(8-20)9-21-16/h6-7,9,15H,2-5H2,1H3. The Morgan fingerprint density at radius 3 is 2.44 bits per heavy atom. The van der Waals surface area contributed by atoms with Crippen LogP contribution in [0.2, 0.25) is 5.02 Å². The largest absolute Gasteiger partial charge is 0.353 e. The first-order valence-corrected chi connectivity index (χ1v) is 8.05. The van der Waals surface area contributed by atoms with Gasteiger partial charge in [0.15, 0.2) is 0 Å². The van der Waals surface area contributed by atoms with E-state index in [1.807, 2.05) is 15.9 Å². The maximum Gasteiger partial charge on any atom is 0.280 e. The van der Waals surface area contributed by atoms with Gasteiger partial charge in [0.1, 0.15) is 29.2 Å². The van der Waals surface area contributed by atoms with Crippen molar-refractivity contribution < 1.29 is 8.78 Å². The molecule has 3 heterocycles. The molecule has 1 aliphatic heterocycles. The molecule has 0 atom stereocenters. The molecule has 0 aliphatic carbocycles. The number of nitrogens with zero attached hydrogens (tertiary/aromatic N) is 6. The Balaban J connectivity index is 1.73. The van der Waals surface area contributed by atoms with Gasteiger partial charge in [-0.1, -0.05) is 11.6 Å². The Kier molecular flexibility index (Phi) is 4.95. The van der Waals surface area contributed by atoms with Crippen LogP contribution in [-0.4, -0.2) is 41.1 Å². The molecule has 3 rings (SSSR count). The molecule has 0 radical (unpaired) electrons. The van der Waals surface area contributed by atoms with Crippen LogP contribution < -0.4 is 9.80 Å². The quantitative estimate of drug-likeness (QED) is 0.834. The van der Waals surface area contributed by atoms with E-state index in [0.29, 0.717) is 54.2 Å². The fourth-order valence-corrected chi connectivity index (χ4v) is 3.01. The summed E-state index contributed by atoms with van der Waals surface area (Å²) in [6, 6.07) is 4.91. The van der Waals surface area contributed by atoms with E-state index in [1.165, 1.54) is 12.3 Å². The number of hydrogen-bond acceptors (Lipinski definition) is 6. The molecule has 1 aliphatic rings. The molecule has 0 amide bonds. The zero-order valence-corrected chi connectivity index (χ0v) is 14.2. The molecule has 1 fully saturated rings. The summed E-state index contributed by atoms with van der Waals surface area (Å²) in [5.41, 5.74) is 0.144. The van der Waals surface area contributed by atoms with E-state index in [9.17, 15) is 8.78 Å². The Morgan fingerprint density at radius 1 is 1.16 bits per heavy atom. The minimum atomic E-state index is -2.62. The Bertz CT molecular complexity index is 815. The van der Waals surface area contributed by atoms with Crippen LogP contribution in [0.4, 0.5) is 20.4 Å². The second-order valence-corrected chi connectivity index (χ2v) is 6.02. The number of alkyl halides is 2. The van der Waals surface area contributed by atoms with Gasteiger partial charge >= 0.3 is 0 Å². The van der Waals surface area contributed by atoms with E-state index < -0.39 is 6.43 Å². The molecule has 9 heteroatoms. The number of anilines is 2. The summed E-state index contributed by atoms with van der Waals surface area (Å²) in [5, 5.41) is 9.30. The Labute approximate surface area is 148 Å². The van der Waals surface area contributed by atoms with Gasteiger partial charge < -0.3 is 9.80 Å². The van der Waals surface area contributed by atoms with Crippen molar-refractivity contribution in [2.24, 2.45) is 0 Å². The van der Waals surface area contributed by atoms with Gasteiger partial charge in [-0.3, -0.25) is 0 Å². The van der Waals surface area contributed by atoms with Crippen molar-refractivity contribution in [3.05, 3.63) is 40.4 Å². The second-order valence-electron chi connectivity index (χ2n) is 5.61. The van der Waals surface area contributed by atoms with E-state index in [4.69, 9.17) is 16.9 Å². The number of rotatable bonds is 3. The maximum atomic E-state index is 12.9. The van der Waals surface area contributed by atoms with Crippen LogP contribution in [0.5, 0.6) is 0 Å². The van der Waals surface area contributed by atoms with Gasteiger partial charge in [-0.25, -0.2) is 23.7 Å². The molecule has 2 aromatic heterocycles. The normalized spacial score (nSPS) is 14.7. The third-order valence-corrected chi connectivity index (χ3v) is 4.20. The summed E-state index contributed by atoms with van der Waals surface area (Å²) in [6.45, 7) is 4.03. The second kappa shape index (κ2) is 7.15. The topological polar surface area (TPSA) is 68.9 Å². The lowest BCUT2D eigenvalue weighted by atomic mass is 10.2. The van der Waals surface area contributed by atoms with Crippen LogP contribution in [0.25, 0.3) is 0 Å². The highest BCUT2D eigenvalue weighted by Gasteiger charge is 2.22. The van der Waals surface area contributed by atoms with Crippen LogP contribution in [0.1, 0.15) is 23.5 Å². The van der Waals surface area contributed by atoms with Crippen molar-refractivity contribution >= 4 is 23.2 Å². The smallest absolute Gasteiger partial charge is 0.280 e. The Hall–Kier alpha value is -2.53. The fourth-order valence-electron chi connectivity index (χ4n) is 2.72. The van der Waals surface area contributed by atoms with Crippen molar-refractivity contribution in [1.29, 1.82) is 5.26 Å². The van der Waals surface area contributed by atoms with E-state index >= 15 is 0 Å². The molecule has 0 unspecified atom stereocenters. The van der Waals surface area contributed by atoms with Crippen LogP contribution in [0.3, 0.4) is 0 Å². The van der Waals surface area contributed by atoms with E-state index in [-0.39, 0.29) is 5.69 Å². The molecule has 2 aromatic rings. The van der Waals surface area contributed by atoms with Gasteiger partial charge in [0, 0.05) is 38.4 Å². The molecule has 1 saturated heterocycles. The average molecular weight is 365 g/mol. The molecule has 0 bridgehead atoms. The van der Waals surface area contributed by atoms with Gasteiger partial charge in [0.25, 0.3) is 6.43 Å². The number of pyridine rings is 1. The number of aromatic nitrogens is 3. The number of hydrogen-bond donors (Lipinski definition) is 0. The molecule has 0 aromatic carbocycles. The van der Waals surface area contributed by atoms with Crippen molar-refractivity contribution in [2.45, 2.75) is 13.3 Å². The Morgan fingerprint density at radius 2 is 1.84 bits per heavy atom. The number of piperazine rings is 1. The number of halogens is 3. The molecule has 25 heavy (non-hydrogen) atoms. The monoisotopic (exact) mass is 364 g/mol. The predicted molar refractivity (Wildman–Crippen MR) is 90.1 cm³/mol.